The first-order valence-corrected chi connectivity index (χ1v) is 4.73. The summed E-state index contributed by atoms with van der Waals surface area (Å²) in [7, 11) is 0. The summed E-state index contributed by atoms with van der Waals surface area (Å²) >= 11 is 1.82. The number of hydrogen-bond acceptors (Lipinski definition) is 3. The number of nitrogens with two attached hydrogens (primary N) is 1. The Bertz CT molecular complexity index is 70.0. The fourth-order valence-corrected chi connectivity index (χ4v) is 1.38. The van der Waals surface area contributed by atoms with Crippen molar-refractivity contribution in [1.29, 1.82) is 0 Å². The first-order valence-electron chi connectivity index (χ1n) is 3.68. The van der Waals surface area contributed by atoms with Crippen molar-refractivity contribution >= 4 is 11.8 Å². The van der Waals surface area contributed by atoms with Crippen LogP contribution < -0.4 is 5.73 Å². The highest BCUT2D eigenvalue weighted by atomic mass is 32.2. The van der Waals surface area contributed by atoms with Crippen molar-refractivity contribution in [3.05, 3.63) is 0 Å². The molecule has 0 aliphatic rings. The van der Waals surface area contributed by atoms with Crippen LogP contribution in [-0.2, 0) is 0 Å². The first kappa shape index (κ1) is 10.3. The second-order valence-corrected chi connectivity index (χ2v) is 3.97. The first-order chi connectivity index (χ1) is 4.70. The van der Waals surface area contributed by atoms with Crippen LogP contribution in [0, 0.1) is 0 Å². The van der Waals surface area contributed by atoms with Crippen LogP contribution in [0.3, 0.4) is 0 Å². The molecular weight excluding hydrogens is 146 g/mol. The minimum Gasteiger partial charge on any atom is -0.395 e. The largest absolute Gasteiger partial charge is 0.395 e. The van der Waals surface area contributed by atoms with Gasteiger partial charge >= 0.3 is 0 Å². The fourth-order valence-electron chi connectivity index (χ4n) is 0.458. The maximum atomic E-state index is 8.58. The summed E-state index contributed by atoms with van der Waals surface area (Å²) in [6.07, 6.45) is 1.17. The fraction of sp³-hybridized carbons (Fsp3) is 1.00. The molecule has 0 aromatic carbocycles. The van der Waals surface area contributed by atoms with E-state index in [-0.39, 0.29) is 12.6 Å². The lowest BCUT2D eigenvalue weighted by Crippen LogP contribution is -2.27. The third kappa shape index (κ3) is 5.09. The van der Waals surface area contributed by atoms with Crippen LogP contribution in [0.25, 0.3) is 0 Å². The van der Waals surface area contributed by atoms with Crippen molar-refractivity contribution in [2.75, 3.05) is 12.4 Å². The summed E-state index contributed by atoms with van der Waals surface area (Å²) in [5.74, 6) is 0.867. The zero-order chi connectivity index (χ0) is 7.98. The second kappa shape index (κ2) is 6.01. The molecule has 0 saturated carbocycles. The van der Waals surface area contributed by atoms with Crippen molar-refractivity contribution in [2.24, 2.45) is 5.73 Å². The Morgan fingerprint density at radius 3 is 2.60 bits per heavy atom. The molecular formula is C7H17NOS. The van der Waals surface area contributed by atoms with Crippen LogP contribution in [0.5, 0.6) is 0 Å². The van der Waals surface area contributed by atoms with E-state index < -0.39 is 0 Å². The Kier molecular flexibility index (Phi) is 6.17. The van der Waals surface area contributed by atoms with Crippen LogP contribution in [-0.4, -0.2) is 28.8 Å². The van der Waals surface area contributed by atoms with Gasteiger partial charge < -0.3 is 10.8 Å². The van der Waals surface area contributed by atoms with Crippen LogP contribution in [0.4, 0.5) is 0 Å². The van der Waals surface area contributed by atoms with Gasteiger partial charge in [-0.3, -0.25) is 0 Å². The molecule has 0 aliphatic heterocycles. The van der Waals surface area contributed by atoms with Gasteiger partial charge in [0.1, 0.15) is 0 Å². The van der Waals surface area contributed by atoms with Gasteiger partial charge in [0.15, 0.2) is 0 Å². The van der Waals surface area contributed by atoms with E-state index in [1.54, 1.807) is 0 Å². The summed E-state index contributed by atoms with van der Waals surface area (Å²) in [5, 5.41) is 9.25. The number of aliphatic hydroxyl groups is 1. The highest BCUT2D eigenvalue weighted by Crippen LogP contribution is 2.13. The lowest BCUT2D eigenvalue weighted by atomic mass is 10.4. The zero-order valence-corrected chi connectivity index (χ0v) is 7.53. The van der Waals surface area contributed by atoms with Gasteiger partial charge in [-0.05, 0) is 6.42 Å². The van der Waals surface area contributed by atoms with E-state index >= 15 is 0 Å². The van der Waals surface area contributed by atoms with E-state index in [9.17, 15) is 0 Å². The van der Waals surface area contributed by atoms with Crippen molar-refractivity contribution in [3.63, 3.8) is 0 Å². The minimum absolute atomic E-state index is 0.0426. The summed E-state index contributed by atoms with van der Waals surface area (Å²) in [4.78, 5) is 0. The number of thioether (sulfide) groups is 1. The molecule has 0 saturated heterocycles. The lowest BCUT2D eigenvalue weighted by Gasteiger charge is -2.11. The summed E-state index contributed by atoms with van der Waals surface area (Å²) in [6, 6.07) is -0.0426. The van der Waals surface area contributed by atoms with E-state index in [1.807, 2.05) is 11.8 Å². The van der Waals surface area contributed by atoms with Crippen molar-refractivity contribution in [3.8, 4) is 0 Å². The normalized spacial score (nSPS) is 16.8. The maximum absolute atomic E-state index is 8.58. The molecule has 62 valence electrons. The van der Waals surface area contributed by atoms with E-state index in [2.05, 4.69) is 13.8 Å². The van der Waals surface area contributed by atoms with Crippen LogP contribution in [0.1, 0.15) is 20.3 Å². The molecule has 0 aromatic heterocycles. The molecule has 2 atom stereocenters. The number of rotatable bonds is 5. The minimum atomic E-state index is -0.0426. The smallest absolute Gasteiger partial charge is 0.0590 e. The molecule has 3 heteroatoms. The van der Waals surface area contributed by atoms with Crippen LogP contribution >= 0.6 is 11.8 Å². The molecule has 0 radical (unpaired) electrons. The van der Waals surface area contributed by atoms with Gasteiger partial charge in [0.05, 0.1) is 6.61 Å². The molecule has 2 nitrogen and oxygen atoms in total. The van der Waals surface area contributed by atoms with E-state index in [0.717, 1.165) is 5.75 Å². The van der Waals surface area contributed by atoms with Crippen LogP contribution in [0.2, 0.25) is 0 Å². The van der Waals surface area contributed by atoms with Crippen molar-refractivity contribution in [1.82, 2.24) is 0 Å². The third-order valence-electron chi connectivity index (χ3n) is 1.40. The lowest BCUT2D eigenvalue weighted by molar-refractivity contribution is 0.275. The molecule has 0 fully saturated rings. The van der Waals surface area contributed by atoms with Gasteiger partial charge in [0.2, 0.25) is 0 Å². The Morgan fingerprint density at radius 2 is 2.20 bits per heavy atom. The molecule has 0 aromatic rings. The molecule has 0 rings (SSSR count). The van der Waals surface area contributed by atoms with Gasteiger partial charge in [0, 0.05) is 17.0 Å². The summed E-state index contributed by atoms with van der Waals surface area (Å²) in [6.45, 7) is 4.43. The monoisotopic (exact) mass is 163 g/mol. The quantitative estimate of drug-likeness (QED) is 0.631. The number of aliphatic hydroxyl groups excluding tert-OH is 1. The van der Waals surface area contributed by atoms with E-state index in [0.29, 0.717) is 5.25 Å². The highest BCUT2D eigenvalue weighted by Gasteiger charge is 2.03. The van der Waals surface area contributed by atoms with Crippen molar-refractivity contribution < 1.29 is 5.11 Å². The average molecular weight is 163 g/mol. The topological polar surface area (TPSA) is 46.2 Å². The molecule has 3 N–H and O–H groups in total. The SMILES string of the molecule is CCC(C)SCC(N)CO. The van der Waals surface area contributed by atoms with Crippen molar-refractivity contribution in [2.45, 2.75) is 31.6 Å². The summed E-state index contributed by atoms with van der Waals surface area (Å²) in [5.41, 5.74) is 5.51. The van der Waals surface area contributed by atoms with Gasteiger partial charge in [-0.1, -0.05) is 13.8 Å². The Labute approximate surface area is 67.2 Å². The second-order valence-electron chi connectivity index (χ2n) is 2.49. The third-order valence-corrected chi connectivity index (χ3v) is 2.93. The predicted octanol–water partition coefficient (Wildman–Crippen LogP) is 0.838. The van der Waals surface area contributed by atoms with Gasteiger partial charge in [-0.25, -0.2) is 0 Å². The molecule has 0 amide bonds. The van der Waals surface area contributed by atoms with E-state index in [1.165, 1.54) is 6.42 Å². The van der Waals surface area contributed by atoms with Gasteiger partial charge in [0.25, 0.3) is 0 Å². The Morgan fingerprint density at radius 1 is 1.60 bits per heavy atom. The van der Waals surface area contributed by atoms with Gasteiger partial charge in [-0.15, -0.1) is 0 Å². The molecule has 0 spiro atoms. The maximum Gasteiger partial charge on any atom is 0.0590 e. The Balaban J connectivity index is 3.17. The number of hydrogen-bond donors (Lipinski definition) is 2. The molecule has 0 heterocycles. The standard InChI is InChI=1S/C7H17NOS/c1-3-6(2)10-5-7(8)4-9/h6-7,9H,3-5,8H2,1-2H3. The molecule has 0 aliphatic carbocycles. The summed E-state index contributed by atoms with van der Waals surface area (Å²) < 4.78 is 0. The molecule has 10 heavy (non-hydrogen) atoms. The predicted molar refractivity (Wildman–Crippen MR) is 47.3 cm³/mol. The molecule has 2 unspecified atom stereocenters. The zero-order valence-electron chi connectivity index (χ0n) is 6.71. The highest BCUT2D eigenvalue weighted by molar-refractivity contribution is 7.99. The average Bonchev–Trinajstić information content (AvgIpc) is 1.99. The molecule has 0 bridgehead atoms. The van der Waals surface area contributed by atoms with Crippen LogP contribution in [0.15, 0.2) is 0 Å². The van der Waals surface area contributed by atoms with Gasteiger partial charge in [-0.2, -0.15) is 11.8 Å². The Hall–Kier alpha value is 0.270. The van der Waals surface area contributed by atoms with E-state index in [4.69, 9.17) is 10.8 Å².